The van der Waals surface area contributed by atoms with Gasteiger partial charge in [-0.05, 0) is 31.5 Å². The summed E-state index contributed by atoms with van der Waals surface area (Å²) in [6, 6.07) is 11.2. The molecule has 3 rings (SSSR count). The summed E-state index contributed by atoms with van der Waals surface area (Å²) < 4.78 is 16.0. The molecule has 0 radical (unpaired) electrons. The number of carbonyl (C=O) groups is 3. The molecule has 1 saturated heterocycles. The zero-order valence-corrected chi connectivity index (χ0v) is 17.8. The molecule has 31 heavy (non-hydrogen) atoms. The number of benzene rings is 2. The van der Waals surface area contributed by atoms with Gasteiger partial charge in [-0.1, -0.05) is 18.2 Å². The summed E-state index contributed by atoms with van der Waals surface area (Å²) in [5.74, 6) is 0.0601. The van der Waals surface area contributed by atoms with Gasteiger partial charge in [-0.15, -0.1) is 0 Å². The minimum atomic E-state index is -0.563. The molecule has 0 aliphatic carbocycles. The average molecular weight is 426 g/mol. The van der Waals surface area contributed by atoms with Crippen molar-refractivity contribution in [1.82, 2.24) is 10.2 Å². The maximum absolute atomic E-state index is 13.1. The minimum absolute atomic E-state index is 0.00331. The van der Waals surface area contributed by atoms with Gasteiger partial charge in [0.1, 0.15) is 22.8 Å². The molecule has 1 N–H and O–H groups in total. The highest BCUT2D eigenvalue weighted by molar-refractivity contribution is 6.07. The highest BCUT2D eigenvalue weighted by atomic mass is 16.5. The van der Waals surface area contributed by atoms with Gasteiger partial charge >= 0.3 is 0 Å². The van der Waals surface area contributed by atoms with Gasteiger partial charge in [-0.2, -0.15) is 0 Å². The Kier molecular flexibility index (Phi) is 7.25. The number of ketones is 1. The van der Waals surface area contributed by atoms with Crippen molar-refractivity contribution in [3.8, 4) is 17.2 Å². The summed E-state index contributed by atoms with van der Waals surface area (Å²) in [5.41, 5.74) is 0.696. The van der Waals surface area contributed by atoms with Crippen LogP contribution in [0.5, 0.6) is 17.2 Å². The van der Waals surface area contributed by atoms with E-state index in [2.05, 4.69) is 5.32 Å². The predicted octanol–water partition coefficient (Wildman–Crippen LogP) is 2.32. The number of hydrogen-bond acceptors (Lipinski definition) is 7. The molecular weight excluding hydrogens is 400 g/mol. The summed E-state index contributed by atoms with van der Waals surface area (Å²) in [6.07, 6.45) is 1.32. The van der Waals surface area contributed by atoms with Crippen molar-refractivity contribution < 1.29 is 28.6 Å². The van der Waals surface area contributed by atoms with E-state index < -0.39 is 17.9 Å². The van der Waals surface area contributed by atoms with Crippen molar-refractivity contribution in [3.63, 3.8) is 0 Å². The first-order valence-electron chi connectivity index (χ1n) is 9.96. The second-order valence-corrected chi connectivity index (χ2v) is 7.14. The number of imide groups is 1. The molecule has 8 nitrogen and oxygen atoms in total. The summed E-state index contributed by atoms with van der Waals surface area (Å²) in [4.78, 5) is 40.0. The van der Waals surface area contributed by atoms with Crippen LogP contribution in [0.2, 0.25) is 0 Å². The molecule has 0 aromatic heterocycles. The monoisotopic (exact) mass is 426 g/mol. The third kappa shape index (κ3) is 5.03. The number of Topliss-reactive ketones (excluding diaryl/α,β-unsaturated/α-hetero) is 1. The first kappa shape index (κ1) is 22.3. The SMILES string of the molecule is COc1cc(OC)c(C(=O)CN2CCC[C@@H]2C(=O)NC(=O)c2ccccc2)c(OC)c1. The highest BCUT2D eigenvalue weighted by Gasteiger charge is 2.34. The standard InChI is InChI=1S/C23H26N2O6/c1-29-16-12-19(30-2)21(20(13-16)31-3)18(26)14-25-11-7-10-17(25)23(28)24-22(27)15-8-5-4-6-9-15/h4-6,8-9,12-13,17H,7,10-11,14H2,1-3H3,(H,24,27,28)/t17-/m1/s1. The van der Waals surface area contributed by atoms with Crippen molar-refractivity contribution >= 4 is 17.6 Å². The Morgan fingerprint density at radius 1 is 1.00 bits per heavy atom. The molecule has 1 aliphatic rings. The number of ether oxygens (including phenoxy) is 3. The number of nitrogens with zero attached hydrogens (tertiary/aromatic N) is 1. The summed E-state index contributed by atoms with van der Waals surface area (Å²) >= 11 is 0. The van der Waals surface area contributed by atoms with Crippen LogP contribution in [0, 0.1) is 0 Å². The van der Waals surface area contributed by atoms with Crippen molar-refractivity contribution in [2.45, 2.75) is 18.9 Å². The van der Waals surface area contributed by atoms with Gasteiger partial charge in [-0.3, -0.25) is 24.6 Å². The van der Waals surface area contributed by atoms with Crippen LogP contribution in [0.4, 0.5) is 0 Å². The molecule has 0 spiro atoms. The fourth-order valence-electron chi connectivity index (χ4n) is 3.71. The summed E-state index contributed by atoms with van der Waals surface area (Å²) in [6.45, 7) is 0.570. The molecule has 2 aromatic carbocycles. The third-order valence-electron chi connectivity index (χ3n) is 5.28. The van der Waals surface area contributed by atoms with Crippen LogP contribution in [0.15, 0.2) is 42.5 Å². The van der Waals surface area contributed by atoms with Crippen LogP contribution in [0.25, 0.3) is 0 Å². The molecule has 2 aromatic rings. The Balaban J connectivity index is 1.74. The Bertz CT molecular complexity index is 935. The summed E-state index contributed by atoms with van der Waals surface area (Å²) in [5, 5.41) is 2.44. The van der Waals surface area contributed by atoms with Crippen LogP contribution in [-0.4, -0.2) is 63.0 Å². The maximum atomic E-state index is 13.1. The fourth-order valence-corrected chi connectivity index (χ4v) is 3.71. The topological polar surface area (TPSA) is 94.2 Å². The smallest absolute Gasteiger partial charge is 0.257 e. The number of amides is 2. The molecule has 164 valence electrons. The first-order chi connectivity index (χ1) is 15.0. The third-order valence-corrected chi connectivity index (χ3v) is 5.28. The predicted molar refractivity (Wildman–Crippen MR) is 114 cm³/mol. The second kappa shape index (κ2) is 10.1. The van der Waals surface area contributed by atoms with E-state index in [4.69, 9.17) is 14.2 Å². The van der Waals surface area contributed by atoms with Gasteiger partial charge in [0.15, 0.2) is 5.78 Å². The van der Waals surface area contributed by atoms with E-state index in [-0.39, 0.29) is 17.9 Å². The molecule has 8 heteroatoms. The fraction of sp³-hybridized carbons (Fsp3) is 0.348. The maximum Gasteiger partial charge on any atom is 0.257 e. The van der Waals surface area contributed by atoms with Gasteiger partial charge in [-0.25, -0.2) is 0 Å². The zero-order chi connectivity index (χ0) is 22.4. The highest BCUT2D eigenvalue weighted by Crippen LogP contribution is 2.35. The molecule has 0 unspecified atom stereocenters. The lowest BCUT2D eigenvalue weighted by molar-refractivity contribution is -0.124. The molecule has 1 atom stereocenters. The van der Waals surface area contributed by atoms with Gasteiger partial charge in [0.25, 0.3) is 5.91 Å². The quantitative estimate of drug-likeness (QED) is 0.511. The Morgan fingerprint density at radius 2 is 1.65 bits per heavy atom. The number of carbonyl (C=O) groups excluding carboxylic acids is 3. The van der Waals surface area contributed by atoms with E-state index >= 15 is 0 Å². The van der Waals surface area contributed by atoms with E-state index in [1.807, 2.05) is 0 Å². The lowest BCUT2D eigenvalue weighted by Gasteiger charge is -2.23. The number of likely N-dealkylation sites (tertiary alicyclic amines) is 1. The second-order valence-electron chi connectivity index (χ2n) is 7.14. The molecule has 1 aliphatic heterocycles. The van der Waals surface area contributed by atoms with Crippen LogP contribution in [-0.2, 0) is 4.79 Å². The van der Waals surface area contributed by atoms with Gasteiger partial charge in [0.05, 0.1) is 33.9 Å². The molecular formula is C23H26N2O6. The first-order valence-corrected chi connectivity index (χ1v) is 9.96. The average Bonchev–Trinajstić information content (AvgIpc) is 3.26. The number of nitrogens with one attached hydrogen (secondary N) is 1. The van der Waals surface area contributed by atoms with Gasteiger partial charge < -0.3 is 14.2 Å². The number of methoxy groups -OCH3 is 3. The van der Waals surface area contributed by atoms with Crippen molar-refractivity contribution in [1.29, 1.82) is 0 Å². The lowest BCUT2D eigenvalue weighted by atomic mass is 10.1. The van der Waals surface area contributed by atoms with Crippen LogP contribution < -0.4 is 19.5 Å². The van der Waals surface area contributed by atoms with Crippen molar-refractivity contribution in [2.75, 3.05) is 34.4 Å². The van der Waals surface area contributed by atoms with E-state index in [0.717, 1.165) is 6.42 Å². The zero-order valence-electron chi connectivity index (χ0n) is 17.8. The number of hydrogen-bond donors (Lipinski definition) is 1. The molecule has 0 saturated carbocycles. The van der Waals surface area contributed by atoms with E-state index in [1.54, 1.807) is 47.4 Å². The largest absolute Gasteiger partial charge is 0.496 e. The van der Waals surface area contributed by atoms with E-state index in [1.165, 1.54) is 21.3 Å². The van der Waals surface area contributed by atoms with E-state index in [0.29, 0.717) is 35.8 Å². The van der Waals surface area contributed by atoms with Crippen molar-refractivity contribution in [3.05, 3.63) is 53.6 Å². The summed E-state index contributed by atoms with van der Waals surface area (Å²) in [7, 11) is 4.44. The van der Waals surface area contributed by atoms with Crippen LogP contribution >= 0.6 is 0 Å². The minimum Gasteiger partial charge on any atom is -0.496 e. The van der Waals surface area contributed by atoms with Crippen LogP contribution in [0.3, 0.4) is 0 Å². The number of rotatable bonds is 8. The normalized spacial score (nSPS) is 15.9. The van der Waals surface area contributed by atoms with Crippen molar-refractivity contribution in [2.24, 2.45) is 0 Å². The lowest BCUT2D eigenvalue weighted by Crippen LogP contribution is -2.46. The molecule has 2 amide bonds. The molecule has 1 heterocycles. The van der Waals surface area contributed by atoms with Crippen LogP contribution in [0.1, 0.15) is 33.6 Å². The Hall–Kier alpha value is -3.39. The Morgan fingerprint density at radius 3 is 2.23 bits per heavy atom. The molecule has 0 bridgehead atoms. The van der Waals surface area contributed by atoms with Gasteiger partial charge in [0.2, 0.25) is 5.91 Å². The molecule has 1 fully saturated rings. The van der Waals surface area contributed by atoms with E-state index in [9.17, 15) is 14.4 Å². The Labute approximate surface area is 181 Å². The van der Waals surface area contributed by atoms with Gasteiger partial charge in [0, 0.05) is 17.7 Å².